The third-order valence-corrected chi connectivity index (χ3v) is 12.6. The summed E-state index contributed by atoms with van der Waals surface area (Å²) in [5, 5.41) is 10.0. The molecule has 4 aromatic carbocycles. The van der Waals surface area contributed by atoms with Gasteiger partial charge in [0.1, 0.15) is 41.0 Å². The van der Waals surface area contributed by atoms with Crippen LogP contribution in [0.5, 0.6) is 0 Å². The van der Waals surface area contributed by atoms with Crippen molar-refractivity contribution in [1.82, 2.24) is 30.4 Å². The number of aromatic nitrogens is 2. The molecule has 0 radical (unpaired) electrons. The van der Waals surface area contributed by atoms with Crippen molar-refractivity contribution >= 4 is 63.6 Å². The number of rotatable bonds is 13. The summed E-state index contributed by atoms with van der Waals surface area (Å²) in [7, 11) is 2.57. The molecule has 62 heavy (non-hydrogen) atoms. The van der Waals surface area contributed by atoms with Gasteiger partial charge < -0.3 is 34.9 Å². The zero-order valence-electron chi connectivity index (χ0n) is 35.5. The first-order valence-electron chi connectivity index (χ1n) is 21.2. The Bertz CT molecular complexity index is 2530. The minimum absolute atomic E-state index is 0.0259. The maximum absolute atomic E-state index is 14.4. The number of quaternary nitrogens is 1. The summed E-state index contributed by atoms with van der Waals surface area (Å²) in [5.41, 5.74) is 6.04. The van der Waals surface area contributed by atoms with Crippen LogP contribution >= 0.6 is 11.6 Å². The fourth-order valence-corrected chi connectivity index (χ4v) is 9.52. The molecule has 2 aliphatic heterocycles. The van der Waals surface area contributed by atoms with E-state index in [9.17, 15) is 19.2 Å². The first kappa shape index (κ1) is 42.4. The number of H-pyrrole nitrogens is 1. The van der Waals surface area contributed by atoms with E-state index in [4.69, 9.17) is 31.1 Å². The Labute approximate surface area is 365 Å². The van der Waals surface area contributed by atoms with Crippen LogP contribution in [0.3, 0.4) is 0 Å². The van der Waals surface area contributed by atoms with Crippen LogP contribution in [0.4, 0.5) is 21.0 Å². The minimum atomic E-state index is -0.913. The minimum Gasteiger partial charge on any atom is -0.453 e. The third kappa shape index (κ3) is 8.36. The summed E-state index contributed by atoms with van der Waals surface area (Å²) in [4.78, 5) is 69.3. The van der Waals surface area contributed by atoms with Gasteiger partial charge in [-0.25, -0.2) is 14.6 Å². The molecule has 3 aliphatic rings. The van der Waals surface area contributed by atoms with Gasteiger partial charge in [0.15, 0.2) is 5.69 Å². The number of halogens is 1. The molecule has 2 fully saturated rings. The van der Waals surface area contributed by atoms with Gasteiger partial charge >= 0.3 is 12.2 Å². The van der Waals surface area contributed by atoms with Crippen molar-refractivity contribution in [2.45, 2.75) is 70.6 Å². The molecule has 1 aromatic heterocycles. The molecule has 15 heteroatoms. The van der Waals surface area contributed by atoms with E-state index in [1.165, 1.54) is 14.2 Å². The van der Waals surface area contributed by atoms with Crippen molar-refractivity contribution < 1.29 is 34.0 Å². The predicted octanol–water partition coefficient (Wildman–Crippen LogP) is 7.56. The standard InChI is InChI=1S/C47H51ClN8O6/c1-6-22-55(44(57)37(26(2)3)52-46(59)61-4)25-36-49-35-21-18-31-23-30(17-20-34(31)40(35)50-36)27-12-14-29(15-13-27)38-42(48)54-43(51-38)41-32-16-19-33(24-32)56(41)45(58)39(53-47(60)62-5)28-10-8-7-9-11-28/h7-15,17-18,20-21,23,26,32-33,37,39,41H,6,16,19,22,24-25H2,1-5H3,(H,49,50)(H,51,54)(H,52,59)(H,53,60)/p+1/t32-,33+,37-,39+,41-/m0/s1. The lowest BCUT2D eigenvalue weighted by Gasteiger charge is -2.36. The largest absolute Gasteiger partial charge is 0.453 e. The van der Waals surface area contributed by atoms with Crippen molar-refractivity contribution in [2.75, 3.05) is 27.3 Å². The SMILES string of the molecule is CCCN(CC1=Nc2ccc3cc(-c4ccc(-c5nc([C@@H]6[C@H]7CC[C@H](C7)N6C(=O)[C@H](NC(=O)OC)c6ccccc6)[nH]c5Cl)cc4)ccc3c2[NH2+]1)C(=O)[C@@H](NC(=O)OC)C(C)C. The quantitative estimate of drug-likeness (QED) is 0.0884. The monoisotopic (exact) mass is 859 g/mol. The number of carbonyl (C=O) groups excluding carboxylic acids is 4. The average molecular weight is 860 g/mol. The van der Waals surface area contributed by atoms with Gasteiger partial charge in [-0.1, -0.05) is 99.1 Å². The highest BCUT2D eigenvalue weighted by Gasteiger charge is 2.51. The summed E-state index contributed by atoms with van der Waals surface area (Å²) >= 11 is 6.87. The number of amides is 4. The van der Waals surface area contributed by atoms with Crippen LogP contribution in [0.1, 0.15) is 69.9 Å². The number of imidazole rings is 1. The van der Waals surface area contributed by atoms with E-state index < -0.39 is 24.3 Å². The Morgan fingerprint density at radius 1 is 0.919 bits per heavy atom. The van der Waals surface area contributed by atoms with Gasteiger partial charge in [0.25, 0.3) is 5.91 Å². The molecule has 5 aromatic rings. The Hall–Kier alpha value is -6.25. The Morgan fingerprint density at radius 2 is 1.63 bits per heavy atom. The maximum atomic E-state index is 14.4. The van der Waals surface area contributed by atoms with Crippen LogP contribution < -0.4 is 16.0 Å². The molecule has 5 atom stereocenters. The second kappa shape index (κ2) is 18.0. The molecule has 322 valence electrons. The van der Waals surface area contributed by atoms with E-state index in [0.29, 0.717) is 35.3 Å². The fraction of sp³-hybridized carbons (Fsp3) is 0.362. The molecule has 3 heterocycles. The van der Waals surface area contributed by atoms with E-state index in [-0.39, 0.29) is 35.7 Å². The molecule has 1 saturated carbocycles. The van der Waals surface area contributed by atoms with Crippen LogP contribution in [-0.2, 0) is 19.1 Å². The van der Waals surface area contributed by atoms with Gasteiger partial charge in [0.05, 0.1) is 20.3 Å². The molecular weight excluding hydrogens is 808 g/mol. The second-order valence-electron chi connectivity index (χ2n) is 16.6. The summed E-state index contributed by atoms with van der Waals surface area (Å²) in [6.45, 7) is 6.66. The number of fused-ring (bicyclic) bond motifs is 5. The van der Waals surface area contributed by atoms with Crippen LogP contribution in [-0.4, -0.2) is 89.0 Å². The predicted molar refractivity (Wildman–Crippen MR) is 237 cm³/mol. The number of aromatic amines is 1. The number of carbonyl (C=O) groups is 4. The maximum Gasteiger partial charge on any atom is 0.407 e. The van der Waals surface area contributed by atoms with Gasteiger partial charge in [-0.05, 0) is 77.8 Å². The number of amidine groups is 1. The highest BCUT2D eigenvalue weighted by atomic mass is 35.5. The number of alkyl carbamates (subject to hydrolysis) is 2. The lowest BCUT2D eigenvalue weighted by atomic mass is 9.96. The van der Waals surface area contributed by atoms with E-state index in [1.807, 2.05) is 74.2 Å². The number of ether oxygens (including phenoxy) is 2. The number of methoxy groups -OCH3 is 2. The number of aliphatic imine (C=N–C) groups is 1. The van der Waals surface area contributed by atoms with Crippen molar-refractivity contribution in [2.24, 2.45) is 16.8 Å². The highest BCUT2D eigenvalue weighted by Crippen LogP contribution is 2.51. The first-order chi connectivity index (χ1) is 30.0. The Morgan fingerprint density at radius 3 is 2.34 bits per heavy atom. The number of likely N-dealkylation sites (tertiary alicyclic amines) is 1. The summed E-state index contributed by atoms with van der Waals surface area (Å²) in [5.74, 6) is 1.11. The molecule has 4 amide bonds. The Balaban J connectivity index is 0.983. The van der Waals surface area contributed by atoms with Crippen molar-refractivity contribution in [3.8, 4) is 22.4 Å². The molecule has 2 bridgehead atoms. The molecule has 14 nitrogen and oxygen atoms in total. The third-order valence-electron chi connectivity index (χ3n) is 12.3. The van der Waals surface area contributed by atoms with Crippen LogP contribution in [0.2, 0.25) is 5.15 Å². The summed E-state index contributed by atoms with van der Waals surface area (Å²) < 4.78 is 9.67. The first-order valence-corrected chi connectivity index (χ1v) is 21.6. The van der Waals surface area contributed by atoms with E-state index in [0.717, 1.165) is 70.4 Å². The summed E-state index contributed by atoms with van der Waals surface area (Å²) in [6.07, 6.45) is 2.16. The zero-order valence-corrected chi connectivity index (χ0v) is 36.2. The fourth-order valence-electron chi connectivity index (χ4n) is 9.27. The molecule has 5 N–H and O–H groups in total. The number of hydrogen-bond donors (Lipinski definition) is 4. The second-order valence-corrected chi connectivity index (χ2v) is 16.9. The van der Waals surface area contributed by atoms with Crippen LogP contribution in [0.15, 0.2) is 89.9 Å². The number of piperidine rings is 1. The topological polar surface area (TPSA) is 175 Å². The van der Waals surface area contributed by atoms with E-state index in [1.54, 1.807) is 4.90 Å². The molecule has 1 saturated heterocycles. The smallest absolute Gasteiger partial charge is 0.407 e. The van der Waals surface area contributed by atoms with E-state index in [2.05, 4.69) is 57.3 Å². The number of benzene rings is 4. The number of nitrogens with two attached hydrogens (primary N) is 1. The molecule has 0 spiro atoms. The highest BCUT2D eigenvalue weighted by molar-refractivity contribution is 6.32. The van der Waals surface area contributed by atoms with Crippen LogP contribution in [0, 0.1) is 11.8 Å². The van der Waals surface area contributed by atoms with Crippen molar-refractivity contribution in [3.63, 3.8) is 0 Å². The Kier molecular flexibility index (Phi) is 12.3. The molecule has 8 rings (SSSR count). The molecule has 1 aliphatic carbocycles. The van der Waals surface area contributed by atoms with Gasteiger partial charge in [-0.15, -0.1) is 0 Å². The molecule has 0 unspecified atom stereocenters. The number of hydrogen-bond acceptors (Lipinski definition) is 8. The van der Waals surface area contributed by atoms with Crippen molar-refractivity contribution in [3.05, 3.63) is 101 Å². The lowest BCUT2D eigenvalue weighted by molar-refractivity contribution is -0.439. The van der Waals surface area contributed by atoms with Crippen molar-refractivity contribution in [1.29, 1.82) is 0 Å². The van der Waals surface area contributed by atoms with E-state index >= 15 is 0 Å². The zero-order chi connectivity index (χ0) is 43.7. The van der Waals surface area contributed by atoms with Gasteiger partial charge in [0, 0.05) is 23.5 Å². The van der Waals surface area contributed by atoms with Gasteiger partial charge in [0.2, 0.25) is 11.7 Å². The van der Waals surface area contributed by atoms with Gasteiger partial charge in [-0.2, -0.15) is 4.99 Å². The van der Waals surface area contributed by atoms with Gasteiger partial charge in [-0.3, -0.25) is 14.9 Å². The summed E-state index contributed by atoms with van der Waals surface area (Å²) in [6, 6.07) is 25.8. The molecular formula is C47H52ClN8O6+. The average Bonchev–Trinajstić information content (AvgIpc) is 4.10. The number of nitrogens with one attached hydrogen (secondary N) is 3. The number of nitrogens with zero attached hydrogens (tertiary/aromatic N) is 4. The van der Waals surface area contributed by atoms with Crippen LogP contribution in [0.25, 0.3) is 33.2 Å². The normalized spacial score (nSPS) is 18.6. The lowest BCUT2D eigenvalue weighted by Crippen LogP contribution is -2.82.